The van der Waals surface area contributed by atoms with Gasteiger partial charge in [0.05, 0.1) is 6.61 Å². The largest absolute Gasteiger partial charge is 0.504 e. The van der Waals surface area contributed by atoms with Crippen molar-refractivity contribution in [3.63, 3.8) is 0 Å². The van der Waals surface area contributed by atoms with Crippen LogP contribution in [0.15, 0.2) is 42.7 Å². The van der Waals surface area contributed by atoms with E-state index in [0.717, 1.165) is 11.1 Å². The molecule has 1 aromatic carbocycles. The first-order chi connectivity index (χ1) is 9.70. The van der Waals surface area contributed by atoms with Gasteiger partial charge in [-0.3, -0.25) is 4.98 Å². The van der Waals surface area contributed by atoms with Gasteiger partial charge in [-0.25, -0.2) is 0 Å². The number of nitrogens with one attached hydrogen (secondary N) is 1. The summed E-state index contributed by atoms with van der Waals surface area (Å²) in [4.78, 5) is 4.12. The Morgan fingerprint density at radius 2 is 2.20 bits per heavy atom. The maximum absolute atomic E-state index is 9.67. The lowest BCUT2D eigenvalue weighted by Crippen LogP contribution is -2.18. The Hall–Kier alpha value is -2.07. The van der Waals surface area contributed by atoms with Gasteiger partial charge in [-0.1, -0.05) is 12.1 Å². The van der Waals surface area contributed by atoms with Gasteiger partial charge < -0.3 is 15.2 Å². The fourth-order valence-corrected chi connectivity index (χ4v) is 1.96. The topological polar surface area (TPSA) is 54.4 Å². The number of benzene rings is 1. The van der Waals surface area contributed by atoms with Crippen molar-refractivity contribution in [2.75, 3.05) is 6.61 Å². The number of rotatable bonds is 6. The van der Waals surface area contributed by atoms with Crippen molar-refractivity contribution in [2.45, 2.75) is 26.4 Å². The van der Waals surface area contributed by atoms with Crippen LogP contribution in [0.3, 0.4) is 0 Å². The van der Waals surface area contributed by atoms with Crippen molar-refractivity contribution < 1.29 is 9.84 Å². The Kier molecular flexibility index (Phi) is 4.96. The molecule has 2 rings (SSSR count). The maximum Gasteiger partial charge on any atom is 0.161 e. The van der Waals surface area contributed by atoms with Crippen molar-refractivity contribution in [3.05, 3.63) is 53.9 Å². The second kappa shape index (κ2) is 6.91. The minimum Gasteiger partial charge on any atom is -0.504 e. The standard InChI is InChI=1S/C16H20N2O2/c1-3-20-16-9-13(6-7-15(16)19)10-18-12(2)14-5-4-8-17-11-14/h4-9,11-12,18-19H,3,10H2,1-2H3/t12-/m1/s1. The molecule has 0 amide bonds. The van der Waals surface area contributed by atoms with Crippen LogP contribution in [0.5, 0.6) is 11.5 Å². The normalized spacial score (nSPS) is 12.1. The molecule has 0 aliphatic heterocycles. The molecule has 0 aliphatic carbocycles. The van der Waals surface area contributed by atoms with Crippen LogP contribution in [0, 0.1) is 0 Å². The van der Waals surface area contributed by atoms with Crippen molar-refractivity contribution in [3.8, 4) is 11.5 Å². The zero-order valence-corrected chi connectivity index (χ0v) is 11.8. The van der Waals surface area contributed by atoms with E-state index in [4.69, 9.17) is 4.74 Å². The lowest BCUT2D eigenvalue weighted by Gasteiger charge is -2.14. The van der Waals surface area contributed by atoms with E-state index in [-0.39, 0.29) is 11.8 Å². The number of ether oxygens (including phenoxy) is 1. The SMILES string of the molecule is CCOc1cc(CN[C@H](C)c2cccnc2)ccc1O. The Morgan fingerprint density at radius 3 is 2.90 bits per heavy atom. The van der Waals surface area contributed by atoms with Crippen molar-refractivity contribution in [1.82, 2.24) is 10.3 Å². The molecule has 1 aromatic heterocycles. The van der Waals surface area contributed by atoms with Gasteiger partial charge in [-0.15, -0.1) is 0 Å². The minimum absolute atomic E-state index is 0.177. The highest BCUT2D eigenvalue weighted by atomic mass is 16.5. The van der Waals surface area contributed by atoms with Crippen LogP contribution in [-0.4, -0.2) is 16.7 Å². The number of phenols is 1. The van der Waals surface area contributed by atoms with Crippen LogP contribution >= 0.6 is 0 Å². The van der Waals surface area contributed by atoms with Crippen LogP contribution < -0.4 is 10.1 Å². The van der Waals surface area contributed by atoms with Crippen LogP contribution in [0.2, 0.25) is 0 Å². The molecule has 0 radical (unpaired) electrons. The minimum atomic E-state index is 0.177. The highest BCUT2D eigenvalue weighted by molar-refractivity contribution is 5.41. The third-order valence-electron chi connectivity index (χ3n) is 3.12. The number of pyridine rings is 1. The van der Waals surface area contributed by atoms with Gasteiger partial charge in [0.2, 0.25) is 0 Å². The van der Waals surface area contributed by atoms with Gasteiger partial charge in [-0.05, 0) is 43.2 Å². The molecule has 2 N–H and O–H groups in total. The van der Waals surface area contributed by atoms with Crippen LogP contribution in [0.1, 0.15) is 31.0 Å². The van der Waals surface area contributed by atoms with E-state index in [1.165, 1.54) is 0 Å². The molecule has 1 heterocycles. The summed E-state index contributed by atoms with van der Waals surface area (Å²) in [6.07, 6.45) is 3.63. The number of aromatic nitrogens is 1. The summed E-state index contributed by atoms with van der Waals surface area (Å²) in [6, 6.07) is 9.61. The monoisotopic (exact) mass is 272 g/mol. The third kappa shape index (κ3) is 3.71. The van der Waals surface area contributed by atoms with Crippen LogP contribution in [0.4, 0.5) is 0 Å². The Morgan fingerprint density at radius 1 is 1.35 bits per heavy atom. The summed E-state index contributed by atoms with van der Waals surface area (Å²) < 4.78 is 5.38. The van der Waals surface area contributed by atoms with E-state index < -0.39 is 0 Å². The molecule has 4 nitrogen and oxygen atoms in total. The zero-order chi connectivity index (χ0) is 14.4. The molecule has 0 fully saturated rings. The number of phenolic OH excluding ortho intramolecular Hbond substituents is 1. The molecule has 0 bridgehead atoms. The van der Waals surface area contributed by atoms with Gasteiger partial charge in [-0.2, -0.15) is 0 Å². The van der Waals surface area contributed by atoms with Gasteiger partial charge in [0.25, 0.3) is 0 Å². The molecular formula is C16H20N2O2. The average Bonchev–Trinajstić information content (AvgIpc) is 2.49. The predicted octanol–water partition coefficient (Wildman–Crippen LogP) is 3.04. The van der Waals surface area contributed by atoms with E-state index in [2.05, 4.69) is 17.2 Å². The molecule has 0 saturated carbocycles. The van der Waals surface area contributed by atoms with Gasteiger partial charge in [0, 0.05) is 25.0 Å². The number of hydrogen-bond donors (Lipinski definition) is 2. The molecule has 2 aromatic rings. The maximum atomic E-state index is 9.67. The molecule has 20 heavy (non-hydrogen) atoms. The van der Waals surface area contributed by atoms with Gasteiger partial charge in [0.15, 0.2) is 11.5 Å². The summed E-state index contributed by atoms with van der Waals surface area (Å²) in [5, 5.41) is 13.1. The molecule has 1 atom stereocenters. The number of hydrogen-bond acceptors (Lipinski definition) is 4. The smallest absolute Gasteiger partial charge is 0.161 e. The Bertz CT molecular complexity index is 543. The summed E-state index contributed by atoms with van der Waals surface area (Å²) in [5.74, 6) is 0.705. The molecule has 0 saturated heterocycles. The van der Waals surface area contributed by atoms with E-state index in [9.17, 15) is 5.11 Å². The quantitative estimate of drug-likeness (QED) is 0.848. The molecule has 0 unspecified atom stereocenters. The number of nitrogens with zero attached hydrogens (tertiary/aromatic N) is 1. The lowest BCUT2D eigenvalue weighted by atomic mass is 10.1. The first-order valence-electron chi connectivity index (χ1n) is 6.78. The predicted molar refractivity (Wildman–Crippen MR) is 78.8 cm³/mol. The van der Waals surface area contributed by atoms with Crippen molar-refractivity contribution >= 4 is 0 Å². The van der Waals surface area contributed by atoms with Crippen molar-refractivity contribution in [2.24, 2.45) is 0 Å². The summed E-state index contributed by atoms with van der Waals surface area (Å²) >= 11 is 0. The second-order valence-corrected chi connectivity index (χ2v) is 4.62. The van der Waals surface area contributed by atoms with Gasteiger partial charge in [0.1, 0.15) is 0 Å². The fourth-order valence-electron chi connectivity index (χ4n) is 1.96. The molecular weight excluding hydrogens is 252 g/mol. The lowest BCUT2D eigenvalue weighted by molar-refractivity contribution is 0.317. The van der Waals surface area contributed by atoms with Crippen molar-refractivity contribution in [1.29, 1.82) is 0 Å². The summed E-state index contributed by atoms with van der Waals surface area (Å²) in [5.41, 5.74) is 2.22. The van der Waals surface area contributed by atoms with E-state index in [1.807, 2.05) is 37.4 Å². The molecule has 4 heteroatoms. The van der Waals surface area contributed by atoms with E-state index in [0.29, 0.717) is 18.9 Å². The summed E-state index contributed by atoms with van der Waals surface area (Å²) in [6.45, 7) is 5.24. The Labute approximate surface area is 119 Å². The second-order valence-electron chi connectivity index (χ2n) is 4.62. The highest BCUT2D eigenvalue weighted by Gasteiger charge is 2.07. The van der Waals surface area contributed by atoms with Crippen LogP contribution in [0.25, 0.3) is 0 Å². The first kappa shape index (κ1) is 14.3. The average molecular weight is 272 g/mol. The van der Waals surface area contributed by atoms with Gasteiger partial charge >= 0.3 is 0 Å². The zero-order valence-electron chi connectivity index (χ0n) is 11.8. The van der Waals surface area contributed by atoms with E-state index in [1.54, 1.807) is 12.3 Å². The highest BCUT2D eigenvalue weighted by Crippen LogP contribution is 2.27. The third-order valence-corrected chi connectivity index (χ3v) is 3.12. The first-order valence-corrected chi connectivity index (χ1v) is 6.78. The number of aromatic hydroxyl groups is 1. The molecule has 0 aliphatic rings. The van der Waals surface area contributed by atoms with Crippen LogP contribution in [-0.2, 0) is 6.54 Å². The molecule has 0 spiro atoms. The molecule has 106 valence electrons. The summed E-state index contributed by atoms with van der Waals surface area (Å²) in [7, 11) is 0. The Balaban J connectivity index is 1.98. The van der Waals surface area contributed by atoms with E-state index >= 15 is 0 Å². The fraction of sp³-hybridized carbons (Fsp3) is 0.312.